The molecule has 0 fully saturated rings. The van der Waals surface area contributed by atoms with Crippen molar-refractivity contribution >= 4 is 28.6 Å². The molecule has 0 radical (unpaired) electrons. The molecule has 0 amide bonds. The van der Waals surface area contributed by atoms with Crippen molar-refractivity contribution in [2.75, 3.05) is 0 Å². The van der Waals surface area contributed by atoms with E-state index in [0.29, 0.717) is 11.3 Å². The molecule has 2 heterocycles. The molecular weight excluding hydrogens is 342 g/mol. The van der Waals surface area contributed by atoms with Crippen LogP contribution in [0, 0.1) is 10.1 Å². The summed E-state index contributed by atoms with van der Waals surface area (Å²) in [4.78, 5) is 10.6. The van der Waals surface area contributed by atoms with Gasteiger partial charge in [0.15, 0.2) is 0 Å². The van der Waals surface area contributed by atoms with E-state index in [1.54, 1.807) is 6.07 Å². The summed E-state index contributed by atoms with van der Waals surface area (Å²) in [5.74, 6) is 0.257. The van der Waals surface area contributed by atoms with Crippen LogP contribution >= 0.6 is 0 Å². The summed E-state index contributed by atoms with van der Waals surface area (Å²) in [5, 5.41) is 13.2. The lowest BCUT2D eigenvalue weighted by Crippen LogP contribution is -2.44. The molecule has 5 rings (SSSR count). The predicted molar refractivity (Wildman–Crippen MR) is 104 cm³/mol. The molecule has 5 nitrogen and oxygen atoms in total. The minimum Gasteiger partial charge on any atom is -0.444 e. The Hall–Kier alpha value is -3.60. The standard InChI is InChI=1S/C22H15NO4/c1-14-10-18-11-15-4-2-3-5-16(15)13-21(18)27-22(14)9-8-17-12-19(23(24)25)6-7-20(17)26-22/h2-13H,1H3. The summed E-state index contributed by atoms with van der Waals surface area (Å²) in [6, 6.07) is 16.8. The second-order valence-electron chi connectivity index (χ2n) is 6.75. The molecule has 0 aromatic heterocycles. The van der Waals surface area contributed by atoms with Crippen LogP contribution in [-0.4, -0.2) is 10.7 Å². The van der Waals surface area contributed by atoms with E-state index < -0.39 is 10.7 Å². The molecule has 0 aliphatic carbocycles. The fraction of sp³-hybridized carbons (Fsp3) is 0.0909. The summed E-state index contributed by atoms with van der Waals surface area (Å²) in [7, 11) is 0. The van der Waals surface area contributed by atoms with Crippen molar-refractivity contribution in [2.24, 2.45) is 0 Å². The van der Waals surface area contributed by atoms with E-state index >= 15 is 0 Å². The normalized spacial score (nSPS) is 19.7. The van der Waals surface area contributed by atoms with Crippen molar-refractivity contribution in [3.63, 3.8) is 0 Å². The second-order valence-corrected chi connectivity index (χ2v) is 6.75. The highest BCUT2D eigenvalue weighted by atomic mass is 16.7. The Morgan fingerprint density at radius 2 is 1.67 bits per heavy atom. The van der Waals surface area contributed by atoms with Crippen molar-refractivity contribution in [3.8, 4) is 11.5 Å². The van der Waals surface area contributed by atoms with Gasteiger partial charge < -0.3 is 9.47 Å². The highest BCUT2D eigenvalue weighted by Crippen LogP contribution is 2.43. The molecule has 2 aliphatic heterocycles. The van der Waals surface area contributed by atoms with E-state index in [1.165, 1.54) is 12.1 Å². The number of ether oxygens (including phenoxy) is 2. The Morgan fingerprint density at radius 1 is 0.926 bits per heavy atom. The third-order valence-electron chi connectivity index (χ3n) is 5.01. The predicted octanol–water partition coefficient (Wildman–Crippen LogP) is 5.35. The van der Waals surface area contributed by atoms with Crippen LogP contribution in [0.1, 0.15) is 18.1 Å². The zero-order chi connectivity index (χ0) is 18.6. The second kappa shape index (κ2) is 5.45. The van der Waals surface area contributed by atoms with Gasteiger partial charge in [-0.25, -0.2) is 0 Å². The molecule has 132 valence electrons. The topological polar surface area (TPSA) is 61.6 Å². The SMILES string of the molecule is CC1=Cc2cc3ccccc3cc2OC12C=Cc1cc([N+](=O)[O-])ccc1O2. The van der Waals surface area contributed by atoms with Gasteiger partial charge in [-0.3, -0.25) is 10.1 Å². The summed E-state index contributed by atoms with van der Waals surface area (Å²) in [6.07, 6.45) is 5.68. The van der Waals surface area contributed by atoms with Gasteiger partial charge in [0.2, 0.25) is 0 Å². The van der Waals surface area contributed by atoms with Gasteiger partial charge in [-0.15, -0.1) is 0 Å². The Bertz CT molecular complexity index is 1180. The highest BCUT2D eigenvalue weighted by molar-refractivity contribution is 5.88. The molecule has 0 saturated carbocycles. The number of fused-ring (bicyclic) bond motifs is 3. The first-order valence-corrected chi connectivity index (χ1v) is 8.61. The molecule has 1 spiro atoms. The molecule has 0 bridgehead atoms. The summed E-state index contributed by atoms with van der Waals surface area (Å²) in [6.45, 7) is 1.96. The summed E-state index contributed by atoms with van der Waals surface area (Å²) in [5.41, 5.74) is 2.61. The summed E-state index contributed by atoms with van der Waals surface area (Å²) >= 11 is 0. The third-order valence-corrected chi connectivity index (χ3v) is 5.01. The maximum atomic E-state index is 11.0. The first kappa shape index (κ1) is 15.6. The van der Waals surface area contributed by atoms with Crippen LogP contribution in [0.3, 0.4) is 0 Å². The van der Waals surface area contributed by atoms with Crippen LogP contribution in [-0.2, 0) is 0 Å². The van der Waals surface area contributed by atoms with Gasteiger partial charge in [-0.2, -0.15) is 0 Å². The average molecular weight is 357 g/mol. The maximum absolute atomic E-state index is 11.0. The van der Waals surface area contributed by atoms with E-state index in [1.807, 2.05) is 43.3 Å². The zero-order valence-corrected chi connectivity index (χ0v) is 14.5. The van der Waals surface area contributed by atoms with Gasteiger partial charge in [0, 0.05) is 34.9 Å². The molecule has 3 aromatic rings. The van der Waals surface area contributed by atoms with Crippen molar-refractivity contribution in [1.82, 2.24) is 0 Å². The van der Waals surface area contributed by atoms with Gasteiger partial charge in [-0.1, -0.05) is 24.3 Å². The van der Waals surface area contributed by atoms with E-state index in [4.69, 9.17) is 9.47 Å². The smallest absolute Gasteiger partial charge is 0.294 e. The quantitative estimate of drug-likeness (QED) is 0.435. The van der Waals surface area contributed by atoms with Crippen LogP contribution in [0.5, 0.6) is 11.5 Å². The number of nitrogens with zero attached hydrogens (tertiary/aromatic N) is 1. The number of nitro groups is 1. The molecule has 27 heavy (non-hydrogen) atoms. The number of rotatable bonds is 1. The Labute approximate surface area is 155 Å². The van der Waals surface area contributed by atoms with Gasteiger partial charge in [0.05, 0.1) is 4.92 Å². The first-order valence-electron chi connectivity index (χ1n) is 8.61. The minimum atomic E-state index is -1.04. The van der Waals surface area contributed by atoms with Gasteiger partial charge in [-0.05, 0) is 48.0 Å². The largest absolute Gasteiger partial charge is 0.444 e. The molecule has 1 unspecified atom stereocenters. The van der Waals surface area contributed by atoms with Crippen molar-refractivity contribution in [1.29, 1.82) is 0 Å². The maximum Gasteiger partial charge on any atom is 0.294 e. The van der Waals surface area contributed by atoms with E-state index in [0.717, 1.165) is 27.7 Å². The van der Waals surface area contributed by atoms with Crippen LogP contribution in [0.4, 0.5) is 5.69 Å². The average Bonchev–Trinajstić information content (AvgIpc) is 2.67. The van der Waals surface area contributed by atoms with Crippen LogP contribution in [0.2, 0.25) is 0 Å². The van der Waals surface area contributed by atoms with E-state index in [2.05, 4.69) is 18.2 Å². The van der Waals surface area contributed by atoms with Gasteiger partial charge in [0.1, 0.15) is 11.5 Å². The lowest BCUT2D eigenvalue weighted by Gasteiger charge is -2.38. The lowest BCUT2D eigenvalue weighted by molar-refractivity contribution is -0.384. The fourth-order valence-corrected chi connectivity index (χ4v) is 3.55. The van der Waals surface area contributed by atoms with Crippen molar-refractivity contribution in [3.05, 3.63) is 87.5 Å². The molecule has 0 saturated heterocycles. The monoisotopic (exact) mass is 357 g/mol. The number of nitro benzene ring substituents is 1. The van der Waals surface area contributed by atoms with Gasteiger partial charge >= 0.3 is 0 Å². The van der Waals surface area contributed by atoms with Crippen LogP contribution in [0.25, 0.3) is 22.9 Å². The molecule has 2 aliphatic rings. The van der Waals surface area contributed by atoms with Crippen LogP contribution < -0.4 is 9.47 Å². The van der Waals surface area contributed by atoms with E-state index in [-0.39, 0.29) is 5.69 Å². The zero-order valence-electron chi connectivity index (χ0n) is 14.5. The first-order chi connectivity index (χ1) is 13.0. The molecular formula is C22H15NO4. The van der Waals surface area contributed by atoms with Crippen molar-refractivity contribution < 1.29 is 14.4 Å². The number of non-ortho nitro benzene ring substituents is 1. The Kier molecular flexibility index (Phi) is 3.15. The number of hydrogen-bond acceptors (Lipinski definition) is 4. The van der Waals surface area contributed by atoms with Crippen LogP contribution in [0.15, 0.2) is 66.2 Å². The van der Waals surface area contributed by atoms with E-state index in [9.17, 15) is 10.1 Å². The third kappa shape index (κ3) is 2.39. The molecule has 1 atom stereocenters. The van der Waals surface area contributed by atoms with Crippen molar-refractivity contribution in [2.45, 2.75) is 12.7 Å². The summed E-state index contributed by atoms with van der Waals surface area (Å²) < 4.78 is 12.5. The molecule has 3 aromatic carbocycles. The highest BCUT2D eigenvalue weighted by Gasteiger charge is 2.40. The number of benzene rings is 3. The Balaban J connectivity index is 1.59. The molecule has 5 heteroatoms. The fourth-order valence-electron chi connectivity index (χ4n) is 3.55. The van der Waals surface area contributed by atoms with Gasteiger partial charge in [0.25, 0.3) is 11.5 Å². The Morgan fingerprint density at radius 3 is 2.44 bits per heavy atom. The molecule has 0 N–H and O–H groups in total. The lowest BCUT2D eigenvalue weighted by atomic mass is 9.95. The number of hydrogen-bond donors (Lipinski definition) is 0. The minimum absolute atomic E-state index is 0.0339.